The summed E-state index contributed by atoms with van der Waals surface area (Å²) < 4.78 is 0. The average Bonchev–Trinajstić information content (AvgIpc) is 2.26. The van der Waals surface area contributed by atoms with Crippen LogP contribution >= 0.6 is 0 Å². The van der Waals surface area contributed by atoms with Crippen molar-refractivity contribution in [3.8, 4) is 0 Å². The summed E-state index contributed by atoms with van der Waals surface area (Å²) in [6.45, 7) is 10.1. The fraction of sp³-hybridized carbons (Fsp3) is 0.867. The van der Waals surface area contributed by atoms with Gasteiger partial charge < -0.3 is 20.5 Å². The summed E-state index contributed by atoms with van der Waals surface area (Å²) in [5.41, 5.74) is 0. The Bertz CT molecular complexity index is 303. The summed E-state index contributed by atoms with van der Waals surface area (Å²) in [5.74, 6) is -0.396. The van der Waals surface area contributed by atoms with Crippen LogP contribution in [0.1, 0.15) is 60.3 Å². The number of amides is 2. The third-order valence-electron chi connectivity index (χ3n) is 3.09. The smallest absolute Gasteiger partial charge is 0.315 e. The van der Waals surface area contributed by atoms with Crippen molar-refractivity contribution in [1.82, 2.24) is 10.6 Å². The number of nitrogens with one attached hydrogen (secondary N) is 2. The maximum atomic E-state index is 11.7. The summed E-state index contributed by atoms with van der Waals surface area (Å²) >= 11 is 0. The number of rotatable bonds is 9. The summed E-state index contributed by atoms with van der Waals surface area (Å²) in [7, 11) is 0. The summed E-state index contributed by atoms with van der Waals surface area (Å²) in [4.78, 5) is 22.7. The topological polar surface area (TPSA) is 81.3 Å². The second-order valence-electron chi connectivity index (χ2n) is 6.34. The van der Waals surface area contributed by atoms with E-state index in [9.17, 15) is 14.7 Å². The molecule has 0 rings (SSSR count). The number of carboxylic acids is 1. The molecule has 0 aromatic rings. The Hall–Kier alpha value is -1.26. The van der Waals surface area contributed by atoms with E-state index in [-0.39, 0.29) is 12.0 Å². The van der Waals surface area contributed by atoms with Gasteiger partial charge in [0.15, 0.2) is 0 Å². The van der Waals surface area contributed by atoms with Gasteiger partial charge in [0, 0.05) is 6.04 Å². The lowest BCUT2D eigenvalue weighted by Crippen LogP contribution is -2.52. The van der Waals surface area contributed by atoms with E-state index in [2.05, 4.69) is 24.5 Å². The zero-order chi connectivity index (χ0) is 15.7. The molecule has 0 saturated carbocycles. The van der Waals surface area contributed by atoms with E-state index in [0.29, 0.717) is 12.3 Å². The monoisotopic (exact) mass is 285 g/mol. The highest BCUT2D eigenvalue weighted by molar-refractivity contribution is 5.81. The molecule has 5 nitrogen and oxygen atoms in total. The molecule has 0 aliphatic heterocycles. The molecule has 2 atom stereocenters. The van der Waals surface area contributed by atoms with Crippen molar-refractivity contribution in [3.63, 3.8) is 0 Å². The van der Waals surface area contributed by atoms with Crippen LogP contribution in [0.4, 0.5) is 4.79 Å². The van der Waals surface area contributed by atoms with Crippen LogP contribution in [0.3, 0.4) is 0 Å². The highest BCUT2D eigenvalue weighted by Crippen LogP contribution is 2.08. The predicted molar refractivity (Wildman–Crippen MR) is 78.1 cm³/mol. The Morgan fingerprint density at radius 1 is 0.950 bits per heavy atom. The highest BCUT2D eigenvalue weighted by Gasteiger charge is 2.16. The van der Waals surface area contributed by atoms with Gasteiger partial charge in [-0.2, -0.15) is 0 Å². The van der Waals surface area contributed by atoms with Gasteiger partial charge in [0.05, 0.1) is 12.0 Å². The summed E-state index contributed by atoms with van der Waals surface area (Å²) in [5, 5.41) is 16.2. The first-order valence-electron chi connectivity index (χ1n) is 7.50. The second-order valence-corrected chi connectivity index (χ2v) is 6.34. The molecular weight excluding hydrogens is 256 g/mol. The minimum absolute atomic E-state index is 0.0372. The van der Waals surface area contributed by atoms with Crippen molar-refractivity contribution in [2.75, 3.05) is 0 Å². The fourth-order valence-electron chi connectivity index (χ4n) is 2.01. The van der Waals surface area contributed by atoms with Gasteiger partial charge in [-0.3, -0.25) is 0 Å². The third kappa shape index (κ3) is 9.64. The molecule has 0 spiro atoms. The summed E-state index contributed by atoms with van der Waals surface area (Å²) in [6.07, 6.45) is 3.45. The lowest BCUT2D eigenvalue weighted by atomic mass is 10.0. The quantitative estimate of drug-likeness (QED) is 0.676. The van der Waals surface area contributed by atoms with E-state index >= 15 is 0 Å². The molecule has 0 aromatic carbocycles. The van der Waals surface area contributed by atoms with Crippen LogP contribution in [0.5, 0.6) is 0 Å². The van der Waals surface area contributed by atoms with Crippen LogP contribution in [-0.4, -0.2) is 24.1 Å². The van der Waals surface area contributed by atoms with Gasteiger partial charge in [-0.05, 0) is 31.6 Å². The molecule has 5 heteroatoms. The van der Waals surface area contributed by atoms with E-state index in [1.807, 2.05) is 20.8 Å². The number of urea groups is 1. The normalized spacial score (nSPS) is 14.2. The Labute approximate surface area is 122 Å². The molecule has 2 amide bonds. The Balaban J connectivity index is 4.08. The lowest BCUT2D eigenvalue weighted by molar-refractivity contribution is -0.308. The van der Waals surface area contributed by atoms with Crippen molar-refractivity contribution in [2.45, 2.75) is 72.4 Å². The largest absolute Gasteiger partial charge is 0.548 e. The molecule has 0 aliphatic rings. The Kier molecular flexibility index (Phi) is 9.01. The van der Waals surface area contributed by atoms with E-state index in [1.54, 1.807) is 0 Å². The van der Waals surface area contributed by atoms with Crippen LogP contribution in [0, 0.1) is 11.8 Å². The summed E-state index contributed by atoms with van der Waals surface area (Å²) in [6, 6.07) is -1.33. The molecule has 0 aromatic heterocycles. The molecule has 0 radical (unpaired) electrons. The van der Waals surface area contributed by atoms with Gasteiger partial charge in [0.2, 0.25) is 0 Å². The molecule has 118 valence electrons. The third-order valence-corrected chi connectivity index (χ3v) is 3.09. The molecule has 0 heterocycles. The molecule has 0 saturated heterocycles. The van der Waals surface area contributed by atoms with Gasteiger partial charge in [0.1, 0.15) is 0 Å². The van der Waals surface area contributed by atoms with E-state index < -0.39 is 18.0 Å². The number of aliphatic carboxylic acids is 1. The zero-order valence-electron chi connectivity index (χ0n) is 13.4. The Morgan fingerprint density at radius 3 is 2.00 bits per heavy atom. The van der Waals surface area contributed by atoms with Gasteiger partial charge in [-0.25, -0.2) is 4.79 Å². The molecule has 0 bridgehead atoms. The van der Waals surface area contributed by atoms with Crippen LogP contribution < -0.4 is 15.7 Å². The van der Waals surface area contributed by atoms with Crippen molar-refractivity contribution in [2.24, 2.45) is 11.8 Å². The van der Waals surface area contributed by atoms with E-state index in [0.717, 1.165) is 19.3 Å². The van der Waals surface area contributed by atoms with Crippen LogP contribution in [0.2, 0.25) is 0 Å². The SMILES string of the molecule is CC(C)CCC[C@@H](C)NC(=O)N[C@@H](CC(C)C)C(=O)[O-]. The standard InChI is InChI=1S/C15H30N2O3/c1-10(2)7-6-8-12(5)16-15(20)17-13(14(18)19)9-11(3)4/h10-13H,6-9H2,1-5H3,(H,18,19)(H2,16,17,20)/p-1/t12-,13+/m1/s1. The molecule has 2 N–H and O–H groups in total. The van der Waals surface area contributed by atoms with Gasteiger partial charge in [-0.15, -0.1) is 0 Å². The molecule has 0 fully saturated rings. The second kappa shape index (κ2) is 9.61. The van der Waals surface area contributed by atoms with E-state index in [4.69, 9.17) is 0 Å². The first-order chi connectivity index (χ1) is 9.22. The fourth-order valence-corrected chi connectivity index (χ4v) is 2.01. The van der Waals surface area contributed by atoms with Crippen molar-refractivity contribution < 1.29 is 14.7 Å². The van der Waals surface area contributed by atoms with Crippen LogP contribution in [0.25, 0.3) is 0 Å². The van der Waals surface area contributed by atoms with Crippen molar-refractivity contribution >= 4 is 12.0 Å². The van der Waals surface area contributed by atoms with Gasteiger partial charge in [-0.1, -0.05) is 40.5 Å². The van der Waals surface area contributed by atoms with Gasteiger partial charge in [0.25, 0.3) is 0 Å². The maximum Gasteiger partial charge on any atom is 0.315 e. The van der Waals surface area contributed by atoms with E-state index in [1.165, 1.54) is 0 Å². The maximum absolute atomic E-state index is 11.7. The van der Waals surface area contributed by atoms with Crippen molar-refractivity contribution in [1.29, 1.82) is 0 Å². The number of carbonyl (C=O) groups excluding carboxylic acids is 2. The van der Waals surface area contributed by atoms with Crippen LogP contribution in [0.15, 0.2) is 0 Å². The zero-order valence-corrected chi connectivity index (χ0v) is 13.4. The minimum atomic E-state index is -1.23. The molecule has 20 heavy (non-hydrogen) atoms. The number of carbonyl (C=O) groups is 2. The average molecular weight is 285 g/mol. The van der Waals surface area contributed by atoms with Crippen LogP contribution in [-0.2, 0) is 4.79 Å². The Morgan fingerprint density at radius 2 is 1.55 bits per heavy atom. The number of hydrogen-bond acceptors (Lipinski definition) is 3. The molecular formula is C15H29N2O3-. The van der Waals surface area contributed by atoms with Crippen molar-refractivity contribution in [3.05, 3.63) is 0 Å². The number of carboxylic acid groups (broad SMARTS) is 1. The predicted octanol–water partition coefficient (Wildman–Crippen LogP) is 1.66. The number of hydrogen-bond donors (Lipinski definition) is 2. The first-order valence-corrected chi connectivity index (χ1v) is 7.50. The highest BCUT2D eigenvalue weighted by atomic mass is 16.4. The first kappa shape index (κ1) is 18.7. The molecule has 0 aliphatic carbocycles. The van der Waals surface area contributed by atoms with Gasteiger partial charge >= 0.3 is 6.03 Å². The lowest BCUT2D eigenvalue weighted by Gasteiger charge is -2.23. The molecule has 0 unspecified atom stereocenters. The minimum Gasteiger partial charge on any atom is -0.548 e.